The number of carbonyl (C=O) groups excluding carboxylic acids is 1. The van der Waals surface area contributed by atoms with Gasteiger partial charge < -0.3 is 5.32 Å². The van der Waals surface area contributed by atoms with Crippen LogP contribution in [0.4, 0.5) is 0 Å². The minimum atomic E-state index is -0.218. The van der Waals surface area contributed by atoms with Gasteiger partial charge in [-0.2, -0.15) is 0 Å². The molecule has 1 fully saturated rings. The Morgan fingerprint density at radius 1 is 0.960 bits per heavy atom. The van der Waals surface area contributed by atoms with E-state index in [2.05, 4.69) is 34.5 Å². The van der Waals surface area contributed by atoms with Gasteiger partial charge in [0, 0.05) is 18.1 Å². The number of nitrogens with zero attached hydrogens (tertiary/aromatic N) is 1. The zero-order valence-corrected chi connectivity index (χ0v) is 15.6. The third kappa shape index (κ3) is 5.21. The molecule has 0 unspecified atom stereocenters. The molecular weight excluding hydrogens is 355 g/mol. The number of carbonyl (C=O) groups is 1. The Morgan fingerprint density at radius 2 is 1.64 bits per heavy atom. The van der Waals surface area contributed by atoms with Crippen LogP contribution in [0.3, 0.4) is 0 Å². The monoisotopic (exact) mass is 376 g/mol. The number of benzene rings is 2. The van der Waals surface area contributed by atoms with Crippen molar-refractivity contribution in [3.63, 3.8) is 0 Å². The molecule has 25 heavy (non-hydrogen) atoms. The molecule has 132 valence electrons. The first kappa shape index (κ1) is 18.2. The van der Waals surface area contributed by atoms with Crippen LogP contribution in [0.1, 0.15) is 40.7 Å². The average molecular weight is 377 g/mol. The standard InChI is InChI=1S/C20H22Cl2N2O/c21-17-8-9-19(22)18(12-17)20(25)23-13-15-4-6-16(7-5-15)14-24-10-2-1-3-11-24/h4-9,12H,1-3,10-11,13-14H2,(H,23,25). The molecule has 1 N–H and O–H groups in total. The zero-order chi connectivity index (χ0) is 17.6. The first-order chi connectivity index (χ1) is 12.1. The first-order valence-electron chi connectivity index (χ1n) is 8.65. The number of rotatable bonds is 5. The molecule has 1 saturated heterocycles. The molecule has 0 spiro atoms. The summed E-state index contributed by atoms with van der Waals surface area (Å²) in [5, 5.41) is 3.79. The summed E-state index contributed by atoms with van der Waals surface area (Å²) in [6.45, 7) is 3.85. The lowest BCUT2D eigenvalue weighted by atomic mass is 10.1. The van der Waals surface area contributed by atoms with Gasteiger partial charge in [-0.1, -0.05) is 53.9 Å². The van der Waals surface area contributed by atoms with E-state index in [4.69, 9.17) is 23.2 Å². The zero-order valence-electron chi connectivity index (χ0n) is 14.1. The molecule has 1 heterocycles. The van der Waals surface area contributed by atoms with Crippen molar-refractivity contribution in [1.29, 1.82) is 0 Å². The van der Waals surface area contributed by atoms with Gasteiger partial charge in [0.1, 0.15) is 0 Å². The van der Waals surface area contributed by atoms with Crippen LogP contribution in [0, 0.1) is 0 Å². The third-order valence-corrected chi connectivity index (χ3v) is 5.07. The molecular formula is C20H22Cl2N2O. The molecule has 1 aliphatic rings. The Bertz CT molecular complexity index is 725. The Hall–Kier alpha value is -1.55. The molecule has 1 aliphatic heterocycles. The fourth-order valence-electron chi connectivity index (χ4n) is 3.09. The largest absolute Gasteiger partial charge is 0.348 e. The van der Waals surface area contributed by atoms with Crippen LogP contribution in [0.25, 0.3) is 0 Å². The highest BCUT2D eigenvalue weighted by Crippen LogP contribution is 2.20. The molecule has 3 nitrogen and oxygen atoms in total. The van der Waals surface area contributed by atoms with Crippen molar-refractivity contribution in [3.05, 3.63) is 69.2 Å². The summed E-state index contributed by atoms with van der Waals surface area (Å²) in [6.07, 6.45) is 3.96. The molecule has 2 aromatic rings. The van der Waals surface area contributed by atoms with E-state index in [-0.39, 0.29) is 5.91 Å². The summed E-state index contributed by atoms with van der Waals surface area (Å²) in [5.41, 5.74) is 2.78. The lowest BCUT2D eigenvalue weighted by Gasteiger charge is -2.26. The second-order valence-electron chi connectivity index (χ2n) is 6.46. The number of amides is 1. The maximum Gasteiger partial charge on any atom is 0.253 e. The highest BCUT2D eigenvalue weighted by atomic mass is 35.5. The van der Waals surface area contributed by atoms with E-state index in [9.17, 15) is 4.79 Å². The van der Waals surface area contributed by atoms with Gasteiger partial charge in [-0.3, -0.25) is 9.69 Å². The number of halogens is 2. The summed E-state index contributed by atoms with van der Waals surface area (Å²) in [4.78, 5) is 14.8. The lowest BCUT2D eigenvalue weighted by molar-refractivity contribution is 0.0951. The molecule has 0 aromatic heterocycles. The molecule has 3 rings (SSSR count). The van der Waals surface area contributed by atoms with Gasteiger partial charge in [0.2, 0.25) is 0 Å². The highest BCUT2D eigenvalue weighted by Gasteiger charge is 2.12. The number of hydrogen-bond donors (Lipinski definition) is 1. The Kier molecular flexibility index (Phi) is 6.35. The van der Waals surface area contributed by atoms with Crippen molar-refractivity contribution in [3.8, 4) is 0 Å². The normalized spacial score (nSPS) is 15.1. The molecule has 0 saturated carbocycles. The van der Waals surface area contributed by atoms with Crippen molar-refractivity contribution in [2.24, 2.45) is 0 Å². The second kappa shape index (κ2) is 8.70. The van der Waals surface area contributed by atoms with Gasteiger partial charge in [0.05, 0.1) is 10.6 Å². The Balaban J connectivity index is 1.54. The predicted octanol–water partition coefficient (Wildman–Crippen LogP) is 4.91. The molecule has 0 bridgehead atoms. The molecule has 1 amide bonds. The third-order valence-electron chi connectivity index (χ3n) is 4.50. The van der Waals surface area contributed by atoms with Gasteiger partial charge >= 0.3 is 0 Å². The van der Waals surface area contributed by atoms with Crippen LogP contribution >= 0.6 is 23.2 Å². The van der Waals surface area contributed by atoms with Crippen LogP contribution in [-0.4, -0.2) is 23.9 Å². The van der Waals surface area contributed by atoms with Gasteiger partial charge in [-0.15, -0.1) is 0 Å². The predicted molar refractivity (Wildman–Crippen MR) is 103 cm³/mol. The van der Waals surface area contributed by atoms with Gasteiger partial charge in [-0.05, 0) is 55.3 Å². The highest BCUT2D eigenvalue weighted by molar-refractivity contribution is 6.35. The van der Waals surface area contributed by atoms with E-state index in [0.717, 1.165) is 12.1 Å². The van der Waals surface area contributed by atoms with Crippen molar-refractivity contribution in [2.45, 2.75) is 32.4 Å². The summed E-state index contributed by atoms with van der Waals surface area (Å²) in [6, 6.07) is 13.3. The minimum Gasteiger partial charge on any atom is -0.348 e. The fourth-order valence-corrected chi connectivity index (χ4v) is 3.46. The van der Waals surface area contributed by atoms with Gasteiger partial charge in [0.15, 0.2) is 0 Å². The smallest absolute Gasteiger partial charge is 0.253 e. The fraction of sp³-hybridized carbons (Fsp3) is 0.350. The quantitative estimate of drug-likeness (QED) is 0.803. The van der Waals surface area contributed by atoms with Crippen molar-refractivity contribution in [2.75, 3.05) is 13.1 Å². The van der Waals surface area contributed by atoms with E-state index < -0.39 is 0 Å². The summed E-state index contributed by atoms with van der Waals surface area (Å²) in [7, 11) is 0. The minimum absolute atomic E-state index is 0.218. The van der Waals surface area contributed by atoms with Gasteiger partial charge in [0.25, 0.3) is 5.91 Å². The average Bonchev–Trinajstić information content (AvgIpc) is 2.64. The van der Waals surface area contributed by atoms with Crippen LogP contribution in [-0.2, 0) is 13.1 Å². The lowest BCUT2D eigenvalue weighted by Crippen LogP contribution is -2.29. The van der Waals surface area contributed by atoms with E-state index in [1.807, 2.05) is 0 Å². The second-order valence-corrected chi connectivity index (χ2v) is 7.30. The number of piperidine rings is 1. The topological polar surface area (TPSA) is 32.3 Å². The molecule has 5 heteroatoms. The van der Waals surface area contributed by atoms with E-state index in [1.165, 1.54) is 37.9 Å². The maximum absolute atomic E-state index is 12.3. The molecule has 0 atom stereocenters. The van der Waals surface area contributed by atoms with Crippen molar-refractivity contribution in [1.82, 2.24) is 10.2 Å². The first-order valence-corrected chi connectivity index (χ1v) is 9.41. The van der Waals surface area contributed by atoms with Crippen molar-refractivity contribution < 1.29 is 4.79 Å². The SMILES string of the molecule is O=C(NCc1ccc(CN2CCCCC2)cc1)c1cc(Cl)ccc1Cl. The van der Waals surface area contributed by atoms with E-state index in [0.29, 0.717) is 22.2 Å². The maximum atomic E-state index is 12.3. The van der Waals surface area contributed by atoms with Crippen LogP contribution in [0.15, 0.2) is 42.5 Å². The molecule has 2 aromatic carbocycles. The molecule has 0 radical (unpaired) electrons. The summed E-state index contributed by atoms with van der Waals surface area (Å²) in [5.74, 6) is -0.218. The van der Waals surface area contributed by atoms with Crippen LogP contribution in [0.5, 0.6) is 0 Å². The summed E-state index contributed by atoms with van der Waals surface area (Å²) >= 11 is 12.0. The molecule has 0 aliphatic carbocycles. The van der Waals surface area contributed by atoms with Gasteiger partial charge in [-0.25, -0.2) is 0 Å². The summed E-state index contributed by atoms with van der Waals surface area (Å²) < 4.78 is 0. The Morgan fingerprint density at radius 3 is 2.36 bits per heavy atom. The number of nitrogens with one attached hydrogen (secondary N) is 1. The van der Waals surface area contributed by atoms with E-state index >= 15 is 0 Å². The van der Waals surface area contributed by atoms with Crippen molar-refractivity contribution >= 4 is 29.1 Å². The Labute approximate surface area is 158 Å². The van der Waals surface area contributed by atoms with Crippen LogP contribution < -0.4 is 5.32 Å². The van der Waals surface area contributed by atoms with E-state index in [1.54, 1.807) is 18.2 Å². The van der Waals surface area contributed by atoms with Crippen LogP contribution in [0.2, 0.25) is 10.0 Å². The number of likely N-dealkylation sites (tertiary alicyclic amines) is 1. The number of hydrogen-bond acceptors (Lipinski definition) is 2.